The van der Waals surface area contributed by atoms with E-state index in [1.54, 1.807) is 6.07 Å². The lowest BCUT2D eigenvalue weighted by atomic mass is 10.2. The van der Waals surface area contributed by atoms with E-state index in [-0.39, 0.29) is 5.56 Å². The minimum absolute atomic E-state index is 0.179. The highest BCUT2D eigenvalue weighted by atomic mass is 16.4. The summed E-state index contributed by atoms with van der Waals surface area (Å²) in [4.78, 5) is 25.1. The number of rotatable bonds is 5. The summed E-state index contributed by atoms with van der Waals surface area (Å²) in [5.41, 5.74) is 1.59. The molecule has 0 unspecified atom stereocenters. The number of aryl methyl sites for hydroxylation is 1. The van der Waals surface area contributed by atoms with Crippen molar-refractivity contribution in [1.29, 1.82) is 0 Å². The predicted octanol–water partition coefficient (Wildman–Crippen LogP) is 2.32. The molecule has 0 saturated carbocycles. The van der Waals surface area contributed by atoms with Crippen molar-refractivity contribution >= 4 is 23.1 Å². The van der Waals surface area contributed by atoms with Gasteiger partial charge in [-0.1, -0.05) is 13.8 Å². The third-order valence-electron chi connectivity index (χ3n) is 4.62. The number of carboxylic acid groups (broad SMARTS) is 1. The number of pyridine rings is 1. The van der Waals surface area contributed by atoms with Gasteiger partial charge < -0.3 is 14.9 Å². The minimum Gasteiger partial charge on any atom is -0.478 e. The Morgan fingerprint density at radius 2 is 2.08 bits per heavy atom. The molecule has 1 N–H and O–H groups in total. The van der Waals surface area contributed by atoms with Crippen LogP contribution in [0.15, 0.2) is 12.3 Å². The van der Waals surface area contributed by atoms with E-state index >= 15 is 0 Å². The van der Waals surface area contributed by atoms with Gasteiger partial charge in [-0.3, -0.25) is 4.57 Å². The molecule has 0 aromatic carbocycles. The number of aromatic carboxylic acids is 1. The number of fused-ring (bicyclic) bond motifs is 1. The summed E-state index contributed by atoms with van der Waals surface area (Å²) < 4.78 is 2.08. The lowest BCUT2D eigenvalue weighted by Gasteiger charge is -2.24. The van der Waals surface area contributed by atoms with E-state index < -0.39 is 5.97 Å². The van der Waals surface area contributed by atoms with Crippen molar-refractivity contribution in [1.82, 2.24) is 19.4 Å². The lowest BCUT2D eigenvalue weighted by Crippen LogP contribution is -2.34. The Kier molecular flexibility index (Phi) is 5.22. The molecule has 0 atom stereocenters. The average molecular weight is 345 g/mol. The van der Waals surface area contributed by atoms with E-state index in [0.29, 0.717) is 11.4 Å². The summed E-state index contributed by atoms with van der Waals surface area (Å²) in [6, 6.07) is 1.61. The molecule has 136 valence electrons. The zero-order valence-corrected chi connectivity index (χ0v) is 15.3. The number of carboxylic acids is 1. The largest absolute Gasteiger partial charge is 0.478 e. The second-order valence-electron chi connectivity index (χ2n) is 7.06. The molecule has 1 saturated heterocycles. The van der Waals surface area contributed by atoms with Crippen molar-refractivity contribution in [3.05, 3.63) is 17.8 Å². The molecule has 7 heteroatoms. The van der Waals surface area contributed by atoms with Gasteiger partial charge in [0.25, 0.3) is 0 Å². The van der Waals surface area contributed by atoms with Crippen molar-refractivity contribution in [2.24, 2.45) is 5.92 Å². The van der Waals surface area contributed by atoms with E-state index in [0.717, 1.165) is 57.3 Å². The molecule has 3 heterocycles. The molecule has 25 heavy (non-hydrogen) atoms. The zero-order valence-electron chi connectivity index (χ0n) is 15.3. The highest BCUT2D eigenvalue weighted by molar-refractivity contribution is 5.91. The van der Waals surface area contributed by atoms with Gasteiger partial charge in [-0.25, -0.2) is 14.8 Å². The van der Waals surface area contributed by atoms with Crippen molar-refractivity contribution in [3.8, 4) is 0 Å². The monoisotopic (exact) mass is 345 g/mol. The van der Waals surface area contributed by atoms with Crippen LogP contribution in [-0.2, 0) is 6.54 Å². The van der Waals surface area contributed by atoms with E-state index in [9.17, 15) is 9.90 Å². The Bertz CT molecular complexity index is 755. The molecular formula is C18H27N5O2. The first-order valence-corrected chi connectivity index (χ1v) is 9.06. The van der Waals surface area contributed by atoms with Crippen LogP contribution in [0.5, 0.6) is 0 Å². The zero-order chi connectivity index (χ0) is 18.0. The maximum atomic E-state index is 11.2. The molecule has 3 rings (SSSR count). The van der Waals surface area contributed by atoms with Crippen LogP contribution in [0.4, 0.5) is 5.95 Å². The number of nitrogens with zero attached hydrogens (tertiary/aromatic N) is 5. The van der Waals surface area contributed by atoms with Crippen LogP contribution in [0.2, 0.25) is 0 Å². The molecular weight excluding hydrogens is 318 g/mol. The summed E-state index contributed by atoms with van der Waals surface area (Å²) in [5.74, 6) is 0.602. The average Bonchev–Trinajstić information content (AvgIpc) is 2.78. The van der Waals surface area contributed by atoms with E-state index in [2.05, 4.69) is 40.1 Å². The summed E-state index contributed by atoms with van der Waals surface area (Å²) in [6.45, 7) is 12.5. The molecule has 1 aliphatic heterocycles. The maximum absolute atomic E-state index is 11.2. The van der Waals surface area contributed by atoms with Crippen molar-refractivity contribution in [2.45, 2.75) is 33.7 Å². The minimum atomic E-state index is -0.971. The van der Waals surface area contributed by atoms with Gasteiger partial charge in [-0.15, -0.1) is 0 Å². The first-order chi connectivity index (χ1) is 12.0. The Morgan fingerprint density at radius 3 is 2.76 bits per heavy atom. The summed E-state index contributed by atoms with van der Waals surface area (Å²) in [6.07, 6.45) is 2.52. The van der Waals surface area contributed by atoms with Crippen LogP contribution >= 0.6 is 0 Å². The number of carbonyl (C=O) groups is 1. The van der Waals surface area contributed by atoms with Gasteiger partial charge in [0.1, 0.15) is 5.52 Å². The molecule has 7 nitrogen and oxygen atoms in total. The molecule has 1 fully saturated rings. The molecule has 0 spiro atoms. The van der Waals surface area contributed by atoms with Crippen molar-refractivity contribution < 1.29 is 9.90 Å². The number of hydrogen-bond acceptors (Lipinski definition) is 5. The molecule has 0 radical (unpaired) electrons. The normalized spacial score (nSPS) is 16.6. The van der Waals surface area contributed by atoms with Gasteiger partial charge in [-0.2, -0.15) is 0 Å². The second-order valence-corrected chi connectivity index (χ2v) is 7.06. The van der Waals surface area contributed by atoms with Gasteiger partial charge in [0.05, 0.1) is 5.56 Å². The number of aromatic nitrogens is 3. The Labute approximate surface area is 148 Å². The lowest BCUT2D eigenvalue weighted by molar-refractivity contribution is 0.0696. The van der Waals surface area contributed by atoms with Gasteiger partial charge in [0, 0.05) is 38.9 Å². The van der Waals surface area contributed by atoms with Crippen LogP contribution in [-0.4, -0.2) is 63.2 Å². The first kappa shape index (κ1) is 17.7. The van der Waals surface area contributed by atoms with Crippen LogP contribution in [0.25, 0.3) is 11.2 Å². The SMILES string of the molecule is CCn1c(N2CCCN(CC(C)C)CC2)nc2cc(C(=O)O)cnc21. The highest BCUT2D eigenvalue weighted by Crippen LogP contribution is 2.23. The topological polar surface area (TPSA) is 74.5 Å². The fourth-order valence-corrected chi connectivity index (χ4v) is 3.52. The Balaban J connectivity index is 1.88. The third kappa shape index (κ3) is 3.76. The highest BCUT2D eigenvalue weighted by Gasteiger charge is 2.21. The van der Waals surface area contributed by atoms with Gasteiger partial charge >= 0.3 is 5.97 Å². The maximum Gasteiger partial charge on any atom is 0.337 e. The third-order valence-corrected chi connectivity index (χ3v) is 4.62. The quantitative estimate of drug-likeness (QED) is 0.896. The van der Waals surface area contributed by atoms with Crippen LogP contribution in [0.1, 0.15) is 37.6 Å². The van der Waals surface area contributed by atoms with Gasteiger partial charge in [0.15, 0.2) is 5.65 Å². The van der Waals surface area contributed by atoms with Gasteiger partial charge in [-0.05, 0) is 31.9 Å². The summed E-state index contributed by atoms with van der Waals surface area (Å²) >= 11 is 0. The van der Waals surface area contributed by atoms with Crippen molar-refractivity contribution in [3.63, 3.8) is 0 Å². The van der Waals surface area contributed by atoms with E-state index in [1.165, 1.54) is 6.20 Å². The molecule has 2 aromatic heterocycles. The van der Waals surface area contributed by atoms with Crippen LogP contribution < -0.4 is 4.90 Å². The number of imidazole rings is 1. The Morgan fingerprint density at radius 1 is 1.28 bits per heavy atom. The molecule has 0 bridgehead atoms. The van der Waals surface area contributed by atoms with Gasteiger partial charge in [0.2, 0.25) is 5.95 Å². The first-order valence-electron chi connectivity index (χ1n) is 9.06. The second kappa shape index (κ2) is 7.39. The number of anilines is 1. The molecule has 1 aliphatic rings. The standard InChI is InChI=1S/C18H27N5O2/c1-4-23-16-15(10-14(11-19-16)17(24)25)20-18(23)22-7-5-6-21(8-9-22)12-13(2)3/h10-11,13H,4-9,12H2,1-3H3,(H,24,25). The predicted molar refractivity (Wildman–Crippen MR) is 98.3 cm³/mol. The van der Waals surface area contributed by atoms with E-state index in [4.69, 9.17) is 4.98 Å². The molecule has 0 amide bonds. The number of hydrogen-bond donors (Lipinski definition) is 1. The summed E-state index contributed by atoms with van der Waals surface area (Å²) in [7, 11) is 0. The molecule has 0 aliphatic carbocycles. The fraction of sp³-hybridized carbons (Fsp3) is 0.611. The fourth-order valence-electron chi connectivity index (χ4n) is 3.52. The Hall–Kier alpha value is -2.15. The molecule has 2 aromatic rings. The van der Waals surface area contributed by atoms with Crippen LogP contribution in [0, 0.1) is 5.92 Å². The van der Waals surface area contributed by atoms with E-state index in [1.807, 2.05) is 0 Å². The van der Waals surface area contributed by atoms with Crippen LogP contribution in [0.3, 0.4) is 0 Å². The van der Waals surface area contributed by atoms with Crippen molar-refractivity contribution in [2.75, 3.05) is 37.6 Å². The summed E-state index contributed by atoms with van der Waals surface area (Å²) in [5, 5.41) is 9.17. The smallest absolute Gasteiger partial charge is 0.337 e.